The summed E-state index contributed by atoms with van der Waals surface area (Å²) in [6.07, 6.45) is 1.80. The fourth-order valence-electron chi connectivity index (χ4n) is 2.28. The number of hydrogen-bond donors (Lipinski definition) is 2. The van der Waals surface area contributed by atoms with Crippen molar-refractivity contribution in [1.29, 1.82) is 0 Å². The molecule has 0 aliphatic heterocycles. The molecule has 0 bridgehead atoms. The third-order valence-corrected chi connectivity index (χ3v) is 3.43. The molecule has 1 atom stereocenters. The number of rotatable bonds is 5. The molecule has 1 aromatic heterocycles. The molecule has 120 valence electrons. The van der Waals surface area contributed by atoms with E-state index in [4.69, 9.17) is 0 Å². The number of carbonyl (C=O) groups excluding carboxylic acids is 2. The van der Waals surface area contributed by atoms with E-state index < -0.39 is 0 Å². The lowest BCUT2D eigenvalue weighted by Crippen LogP contribution is -2.29. The largest absolute Gasteiger partial charge is 0.349 e. The summed E-state index contributed by atoms with van der Waals surface area (Å²) in [5.41, 5.74) is 3.05. The molecule has 0 saturated carbocycles. The molecule has 5 nitrogen and oxygen atoms in total. The number of aromatic nitrogens is 1. The number of anilines is 1. The van der Waals surface area contributed by atoms with Crippen LogP contribution in [0.3, 0.4) is 0 Å². The number of hydrogen-bond acceptors (Lipinski definition) is 3. The van der Waals surface area contributed by atoms with E-state index in [-0.39, 0.29) is 24.3 Å². The summed E-state index contributed by atoms with van der Waals surface area (Å²) in [7, 11) is 0. The van der Waals surface area contributed by atoms with Crippen molar-refractivity contribution in [2.75, 3.05) is 5.32 Å². The predicted octanol–water partition coefficient (Wildman–Crippen LogP) is 2.90. The molecule has 2 aromatic rings. The first-order chi connectivity index (χ1) is 10.9. The van der Waals surface area contributed by atoms with Gasteiger partial charge >= 0.3 is 0 Å². The van der Waals surface area contributed by atoms with Crippen LogP contribution in [-0.4, -0.2) is 16.8 Å². The van der Waals surface area contributed by atoms with Gasteiger partial charge in [-0.1, -0.05) is 29.8 Å². The van der Waals surface area contributed by atoms with E-state index in [1.165, 1.54) is 6.92 Å². The highest BCUT2D eigenvalue weighted by Crippen LogP contribution is 2.18. The quantitative estimate of drug-likeness (QED) is 0.892. The van der Waals surface area contributed by atoms with Gasteiger partial charge in [0.15, 0.2) is 0 Å². The van der Waals surface area contributed by atoms with E-state index in [0.717, 1.165) is 16.7 Å². The number of aryl methyl sites for hydroxylation is 2. The van der Waals surface area contributed by atoms with E-state index in [2.05, 4.69) is 15.6 Å². The maximum absolute atomic E-state index is 12.3. The first kappa shape index (κ1) is 16.7. The normalized spacial score (nSPS) is 11.6. The van der Waals surface area contributed by atoms with E-state index in [0.29, 0.717) is 5.82 Å². The Hall–Kier alpha value is -2.69. The fourth-order valence-corrected chi connectivity index (χ4v) is 2.28. The van der Waals surface area contributed by atoms with Crippen LogP contribution in [0.2, 0.25) is 0 Å². The third-order valence-electron chi connectivity index (χ3n) is 3.43. The molecule has 2 amide bonds. The lowest BCUT2D eigenvalue weighted by atomic mass is 10.0. The third kappa shape index (κ3) is 5.21. The number of nitrogens with one attached hydrogen (secondary N) is 2. The summed E-state index contributed by atoms with van der Waals surface area (Å²) in [5.74, 6) is 0.153. The van der Waals surface area contributed by atoms with Crippen molar-refractivity contribution in [3.63, 3.8) is 0 Å². The summed E-state index contributed by atoms with van der Waals surface area (Å²) >= 11 is 0. The lowest BCUT2D eigenvalue weighted by Gasteiger charge is -2.18. The number of nitrogens with zero attached hydrogens (tertiary/aromatic N) is 1. The number of carbonyl (C=O) groups is 2. The standard InChI is InChI=1S/C18H21N3O2/c1-12-4-6-15(7-5-12)16(20-14(3)22)11-18(23)21-17-10-13(2)8-9-19-17/h4-10,16H,11H2,1-3H3,(H,20,22)(H,19,21,23). The summed E-state index contributed by atoms with van der Waals surface area (Å²) in [6.45, 7) is 5.37. The van der Waals surface area contributed by atoms with Gasteiger partial charge in [0.05, 0.1) is 12.5 Å². The van der Waals surface area contributed by atoms with E-state index in [1.54, 1.807) is 12.3 Å². The minimum Gasteiger partial charge on any atom is -0.349 e. The molecular weight excluding hydrogens is 290 g/mol. The van der Waals surface area contributed by atoms with Gasteiger partial charge in [-0.25, -0.2) is 4.98 Å². The lowest BCUT2D eigenvalue weighted by molar-refractivity contribution is -0.120. The maximum Gasteiger partial charge on any atom is 0.227 e. The molecule has 23 heavy (non-hydrogen) atoms. The van der Waals surface area contributed by atoms with Crippen molar-refractivity contribution in [3.05, 3.63) is 59.3 Å². The van der Waals surface area contributed by atoms with Gasteiger partial charge in [-0.05, 0) is 37.1 Å². The molecule has 0 saturated heterocycles. The molecule has 1 heterocycles. The summed E-state index contributed by atoms with van der Waals surface area (Å²) < 4.78 is 0. The summed E-state index contributed by atoms with van der Waals surface area (Å²) in [5, 5.41) is 5.59. The van der Waals surface area contributed by atoms with Gasteiger partial charge in [0, 0.05) is 13.1 Å². The Kier molecular flexibility index (Phi) is 5.46. The van der Waals surface area contributed by atoms with Crippen LogP contribution < -0.4 is 10.6 Å². The van der Waals surface area contributed by atoms with Gasteiger partial charge in [-0.15, -0.1) is 0 Å². The smallest absolute Gasteiger partial charge is 0.227 e. The van der Waals surface area contributed by atoms with Gasteiger partial charge in [0.2, 0.25) is 11.8 Å². The van der Waals surface area contributed by atoms with E-state index in [1.807, 2.05) is 44.2 Å². The van der Waals surface area contributed by atoms with Crippen LogP contribution in [0, 0.1) is 13.8 Å². The first-order valence-electron chi connectivity index (χ1n) is 7.50. The highest BCUT2D eigenvalue weighted by Gasteiger charge is 2.17. The van der Waals surface area contributed by atoms with Crippen molar-refractivity contribution in [3.8, 4) is 0 Å². The number of amides is 2. The van der Waals surface area contributed by atoms with Crippen molar-refractivity contribution >= 4 is 17.6 Å². The van der Waals surface area contributed by atoms with Crippen LogP contribution in [0.1, 0.15) is 36.1 Å². The van der Waals surface area contributed by atoms with Crippen molar-refractivity contribution in [2.24, 2.45) is 0 Å². The van der Waals surface area contributed by atoms with Crippen molar-refractivity contribution in [2.45, 2.75) is 33.2 Å². The molecule has 2 rings (SSSR count). The van der Waals surface area contributed by atoms with Crippen LogP contribution in [0.4, 0.5) is 5.82 Å². The monoisotopic (exact) mass is 311 g/mol. The van der Waals surface area contributed by atoms with Gasteiger partial charge in [-0.3, -0.25) is 9.59 Å². The van der Waals surface area contributed by atoms with Gasteiger partial charge in [0.25, 0.3) is 0 Å². The molecule has 1 aromatic carbocycles. The zero-order chi connectivity index (χ0) is 16.8. The zero-order valence-corrected chi connectivity index (χ0v) is 13.6. The van der Waals surface area contributed by atoms with Crippen LogP contribution in [0.15, 0.2) is 42.6 Å². The highest BCUT2D eigenvalue weighted by atomic mass is 16.2. The van der Waals surface area contributed by atoms with Crippen molar-refractivity contribution < 1.29 is 9.59 Å². The van der Waals surface area contributed by atoms with E-state index >= 15 is 0 Å². The number of benzene rings is 1. The Morgan fingerprint density at radius 2 is 1.78 bits per heavy atom. The van der Waals surface area contributed by atoms with Gasteiger partial charge in [-0.2, -0.15) is 0 Å². The average Bonchev–Trinajstić information content (AvgIpc) is 2.46. The van der Waals surface area contributed by atoms with Gasteiger partial charge < -0.3 is 10.6 Å². The Bertz CT molecular complexity index is 696. The van der Waals surface area contributed by atoms with Crippen LogP contribution >= 0.6 is 0 Å². The highest BCUT2D eigenvalue weighted by molar-refractivity contribution is 5.90. The SMILES string of the molecule is CC(=O)NC(CC(=O)Nc1cc(C)ccn1)c1ccc(C)cc1. The van der Waals surface area contributed by atoms with Crippen LogP contribution in [0.25, 0.3) is 0 Å². The molecular formula is C18H21N3O2. The Morgan fingerprint density at radius 3 is 2.39 bits per heavy atom. The fraction of sp³-hybridized carbons (Fsp3) is 0.278. The second-order valence-corrected chi connectivity index (χ2v) is 5.63. The zero-order valence-electron chi connectivity index (χ0n) is 13.6. The summed E-state index contributed by atoms with van der Waals surface area (Å²) in [4.78, 5) is 27.8. The predicted molar refractivity (Wildman–Crippen MR) is 90.0 cm³/mol. The molecule has 0 radical (unpaired) electrons. The van der Waals surface area contributed by atoms with E-state index in [9.17, 15) is 9.59 Å². The first-order valence-corrected chi connectivity index (χ1v) is 7.50. The molecule has 5 heteroatoms. The molecule has 2 N–H and O–H groups in total. The minimum atomic E-state index is -0.363. The Labute approximate surface area is 136 Å². The molecule has 0 spiro atoms. The second kappa shape index (κ2) is 7.54. The molecule has 0 aliphatic carbocycles. The molecule has 0 aliphatic rings. The van der Waals surface area contributed by atoms with Crippen LogP contribution in [0.5, 0.6) is 0 Å². The Morgan fingerprint density at radius 1 is 1.09 bits per heavy atom. The summed E-state index contributed by atoms with van der Waals surface area (Å²) in [6, 6.07) is 11.1. The van der Waals surface area contributed by atoms with Crippen LogP contribution in [-0.2, 0) is 9.59 Å². The Balaban J connectivity index is 2.09. The molecule has 0 fully saturated rings. The molecule has 1 unspecified atom stereocenters. The minimum absolute atomic E-state index is 0.151. The number of pyridine rings is 1. The average molecular weight is 311 g/mol. The van der Waals surface area contributed by atoms with Gasteiger partial charge in [0.1, 0.15) is 5.82 Å². The van der Waals surface area contributed by atoms with Crippen molar-refractivity contribution in [1.82, 2.24) is 10.3 Å². The maximum atomic E-state index is 12.3. The topological polar surface area (TPSA) is 71.1 Å². The second-order valence-electron chi connectivity index (χ2n) is 5.63.